The lowest BCUT2D eigenvalue weighted by molar-refractivity contribution is -0.157. The van der Waals surface area contributed by atoms with Crippen LogP contribution < -0.4 is 5.32 Å². The molecule has 114 valence electrons. The smallest absolute Gasteiger partial charge is 0.230 e. The molecule has 1 amide bonds. The molecule has 3 rings (SSSR count). The van der Waals surface area contributed by atoms with E-state index in [0.717, 1.165) is 12.6 Å². The molecule has 20 heavy (non-hydrogen) atoms. The number of carbonyl (C=O) groups is 1. The van der Waals surface area contributed by atoms with Crippen LogP contribution in [-0.4, -0.2) is 49.7 Å². The highest BCUT2D eigenvalue weighted by Gasteiger charge is 2.41. The molecule has 2 aliphatic heterocycles. The number of amides is 1. The third kappa shape index (κ3) is 3.01. The number of nitrogens with zero attached hydrogens (tertiary/aromatic N) is 1. The van der Waals surface area contributed by atoms with Crippen molar-refractivity contribution in [3.63, 3.8) is 0 Å². The Morgan fingerprint density at radius 1 is 1.25 bits per heavy atom. The maximum Gasteiger partial charge on any atom is 0.230 e. The van der Waals surface area contributed by atoms with Crippen LogP contribution in [0, 0.1) is 11.3 Å². The molecule has 3 fully saturated rings. The minimum atomic E-state index is -0.262. The summed E-state index contributed by atoms with van der Waals surface area (Å²) in [4.78, 5) is 14.8. The molecule has 3 aliphatic rings. The predicted molar refractivity (Wildman–Crippen MR) is 78.5 cm³/mol. The second kappa shape index (κ2) is 6.02. The molecule has 2 heterocycles. The van der Waals surface area contributed by atoms with Gasteiger partial charge in [0, 0.05) is 19.1 Å². The maximum absolute atomic E-state index is 12.1. The summed E-state index contributed by atoms with van der Waals surface area (Å²) in [6.45, 7) is 6.41. The molecule has 0 bridgehead atoms. The van der Waals surface area contributed by atoms with E-state index in [2.05, 4.69) is 10.2 Å². The first-order chi connectivity index (χ1) is 9.67. The zero-order valence-corrected chi connectivity index (χ0v) is 12.7. The molecular formula is C16H28N2O2. The van der Waals surface area contributed by atoms with E-state index in [1.54, 1.807) is 0 Å². The Morgan fingerprint density at radius 3 is 2.65 bits per heavy atom. The maximum atomic E-state index is 12.1. The number of likely N-dealkylation sites (tertiary alicyclic amines) is 1. The van der Waals surface area contributed by atoms with Gasteiger partial charge in [0.05, 0.1) is 18.6 Å². The molecule has 0 aromatic heterocycles. The van der Waals surface area contributed by atoms with Crippen molar-refractivity contribution >= 4 is 5.91 Å². The van der Waals surface area contributed by atoms with Crippen molar-refractivity contribution in [2.75, 3.05) is 32.8 Å². The van der Waals surface area contributed by atoms with E-state index in [9.17, 15) is 4.79 Å². The van der Waals surface area contributed by atoms with Gasteiger partial charge in [-0.25, -0.2) is 0 Å². The Hall–Kier alpha value is -0.610. The summed E-state index contributed by atoms with van der Waals surface area (Å²) in [6, 6.07) is 0.821. The first-order valence-electron chi connectivity index (χ1n) is 8.27. The zero-order valence-electron chi connectivity index (χ0n) is 12.7. The largest absolute Gasteiger partial charge is 0.379 e. The lowest BCUT2D eigenvalue weighted by Gasteiger charge is -2.36. The predicted octanol–water partition coefficient (Wildman–Crippen LogP) is 1.79. The van der Waals surface area contributed by atoms with Crippen LogP contribution in [0.1, 0.15) is 45.4 Å². The fraction of sp³-hybridized carbons (Fsp3) is 0.938. The van der Waals surface area contributed by atoms with Gasteiger partial charge in [-0.15, -0.1) is 0 Å². The average Bonchev–Trinajstić information content (AvgIpc) is 2.92. The number of nitrogens with one attached hydrogen (secondary N) is 1. The lowest BCUT2D eigenvalue weighted by atomic mass is 9.87. The van der Waals surface area contributed by atoms with Crippen LogP contribution in [0.4, 0.5) is 0 Å². The van der Waals surface area contributed by atoms with Gasteiger partial charge in [0.25, 0.3) is 0 Å². The molecular weight excluding hydrogens is 252 g/mol. The van der Waals surface area contributed by atoms with Crippen molar-refractivity contribution in [2.45, 2.75) is 51.5 Å². The van der Waals surface area contributed by atoms with Gasteiger partial charge in [-0.05, 0) is 38.6 Å². The van der Waals surface area contributed by atoms with Crippen LogP contribution in [-0.2, 0) is 9.53 Å². The Balaban J connectivity index is 1.40. The van der Waals surface area contributed by atoms with E-state index in [-0.39, 0.29) is 11.3 Å². The molecule has 0 radical (unpaired) electrons. The molecule has 4 heteroatoms. The van der Waals surface area contributed by atoms with Crippen LogP contribution in [0.3, 0.4) is 0 Å². The van der Waals surface area contributed by atoms with E-state index < -0.39 is 0 Å². The summed E-state index contributed by atoms with van der Waals surface area (Å²) in [5, 5.41) is 3.14. The fourth-order valence-corrected chi connectivity index (χ4v) is 3.80. The van der Waals surface area contributed by atoms with Gasteiger partial charge in [0.2, 0.25) is 5.91 Å². The summed E-state index contributed by atoms with van der Waals surface area (Å²) in [5.74, 6) is 0.824. The van der Waals surface area contributed by atoms with Gasteiger partial charge in [0.15, 0.2) is 0 Å². The number of hydrogen-bond acceptors (Lipinski definition) is 3. The third-order valence-electron chi connectivity index (χ3n) is 5.35. The van der Waals surface area contributed by atoms with Gasteiger partial charge in [0.1, 0.15) is 0 Å². The second-order valence-corrected chi connectivity index (χ2v) is 7.20. The molecule has 1 saturated carbocycles. The highest BCUT2D eigenvalue weighted by atomic mass is 16.5. The quantitative estimate of drug-likeness (QED) is 0.853. The van der Waals surface area contributed by atoms with Crippen molar-refractivity contribution in [3.8, 4) is 0 Å². The summed E-state index contributed by atoms with van der Waals surface area (Å²) < 4.78 is 5.16. The molecule has 2 saturated heterocycles. The minimum Gasteiger partial charge on any atom is -0.379 e. The number of carbonyl (C=O) groups excluding carboxylic acids is 1. The van der Waals surface area contributed by atoms with E-state index in [4.69, 9.17) is 4.74 Å². The standard InChI is InChI=1S/C16H28N2O2/c1-16(11-20-12-16)15(19)17-9-13-7-8-18(10-13)14-5-3-2-4-6-14/h13-14H,2-12H2,1H3,(H,17,19). The van der Waals surface area contributed by atoms with E-state index in [0.29, 0.717) is 19.1 Å². The summed E-state index contributed by atoms with van der Waals surface area (Å²) in [6.07, 6.45) is 8.24. The van der Waals surface area contributed by atoms with Crippen molar-refractivity contribution in [3.05, 3.63) is 0 Å². The lowest BCUT2D eigenvalue weighted by Crippen LogP contribution is -2.52. The molecule has 0 aromatic rings. The van der Waals surface area contributed by atoms with Crippen molar-refractivity contribution in [2.24, 2.45) is 11.3 Å². The number of ether oxygens (including phenoxy) is 1. The Kier molecular flexibility index (Phi) is 4.32. The third-order valence-corrected chi connectivity index (χ3v) is 5.35. The highest BCUT2D eigenvalue weighted by molar-refractivity contribution is 5.83. The first-order valence-corrected chi connectivity index (χ1v) is 8.27. The fourth-order valence-electron chi connectivity index (χ4n) is 3.80. The molecule has 4 nitrogen and oxygen atoms in total. The monoisotopic (exact) mass is 280 g/mol. The molecule has 1 N–H and O–H groups in total. The topological polar surface area (TPSA) is 41.6 Å². The Labute approximate surface area is 122 Å². The molecule has 1 aliphatic carbocycles. The zero-order chi connectivity index (χ0) is 14.0. The SMILES string of the molecule is CC1(C(=O)NCC2CCN(C3CCCCC3)C2)COC1. The summed E-state index contributed by atoms with van der Waals surface area (Å²) in [5.41, 5.74) is -0.262. The molecule has 0 spiro atoms. The molecule has 1 unspecified atom stereocenters. The molecule has 0 aromatic carbocycles. The van der Waals surface area contributed by atoms with Crippen molar-refractivity contribution in [1.29, 1.82) is 0 Å². The van der Waals surface area contributed by atoms with E-state index in [1.807, 2.05) is 6.92 Å². The normalized spacial score (nSPS) is 30.9. The van der Waals surface area contributed by atoms with Crippen molar-refractivity contribution < 1.29 is 9.53 Å². The van der Waals surface area contributed by atoms with Crippen LogP contribution in [0.15, 0.2) is 0 Å². The minimum absolute atomic E-state index is 0.180. The van der Waals surface area contributed by atoms with Gasteiger partial charge in [-0.1, -0.05) is 19.3 Å². The van der Waals surface area contributed by atoms with Crippen LogP contribution in [0.25, 0.3) is 0 Å². The second-order valence-electron chi connectivity index (χ2n) is 7.20. The summed E-state index contributed by atoms with van der Waals surface area (Å²) in [7, 11) is 0. The van der Waals surface area contributed by atoms with Crippen molar-refractivity contribution in [1.82, 2.24) is 10.2 Å². The van der Waals surface area contributed by atoms with Gasteiger partial charge < -0.3 is 15.0 Å². The van der Waals surface area contributed by atoms with Gasteiger partial charge >= 0.3 is 0 Å². The average molecular weight is 280 g/mol. The first kappa shape index (κ1) is 14.3. The van der Waals surface area contributed by atoms with E-state index in [1.165, 1.54) is 51.6 Å². The Bertz CT molecular complexity index is 348. The summed E-state index contributed by atoms with van der Waals surface area (Å²) >= 11 is 0. The highest BCUT2D eigenvalue weighted by Crippen LogP contribution is 2.29. The van der Waals surface area contributed by atoms with E-state index >= 15 is 0 Å². The van der Waals surface area contributed by atoms with Crippen LogP contribution >= 0.6 is 0 Å². The van der Waals surface area contributed by atoms with Crippen LogP contribution in [0.2, 0.25) is 0 Å². The van der Waals surface area contributed by atoms with Gasteiger partial charge in [-0.2, -0.15) is 0 Å². The number of rotatable bonds is 4. The Morgan fingerprint density at radius 2 is 2.00 bits per heavy atom. The van der Waals surface area contributed by atoms with Gasteiger partial charge in [-0.3, -0.25) is 4.79 Å². The number of hydrogen-bond donors (Lipinski definition) is 1. The van der Waals surface area contributed by atoms with Crippen LogP contribution in [0.5, 0.6) is 0 Å². The molecule has 1 atom stereocenters.